The standard InChI is InChI=1S/C22H23N3O7S/c26-21(14-20-22(27)23-16-3-1-2-4-17(16)32-20)24-7-9-25(10-8-24)33(28,29)15-5-6-18-19(13-15)31-12-11-30-18/h1-6,13,20H,7-12,14H2,(H,23,27)/t20-/m0/s1. The van der Waals surface area contributed by atoms with E-state index in [9.17, 15) is 18.0 Å². The maximum atomic E-state index is 13.1. The van der Waals surface area contributed by atoms with Crippen LogP contribution in [0.4, 0.5) is 5.69 Å². The van der Waals surface area contributed by atoms with Crippen molar-refractivity contribution in [2.45, 2.75) is 17.4 Å². The lowest BCUT2D eigenvalue weighted by atomic mass is 10.1. The van der Waals surface area contributed by atoms with Gasteiger partial charge in [-0.1, -0.05) is 12.1 Å². The zero-order valence-electron chi connectivity index (χ0n) is 17.7. The molecule has 174 valence electrons. The second-order valence-electron chi connectivity index (χ2n) is 7.89. The number of carbonyl (C=O) groups is 2. The molecule has 10 nitrogen and oxygen atoms in total. The van der Waals surface area contributed by atoms with E-state index in [-0.39, 0.29) is 49.3 Å². The maximum absolute atomic E-state index is 13.1. The highest BCUT2D eigenvalue weighted by Crippen LogP contribution is 2.33. The van der Waals surface area contributed by atoms with Crippen molar-refractivity contribution in [3.63, 3.8) is 0 Å². The molecule has 0 unspecified atom stereocenters. The van der Waals surface area contributed by atoms with Crippen LogP contribution in [0.25, 0.3) is 0 Å². The molecule has 3 heterocycles. The van der Waals surface area contributed by atoms with Crippen LogP contribution < -0.4 is 19.5 Å². The van der Waals surface area contributed by atoms with Gasteiger partial charge in [-0.05, 0) is 24.3 Å². The lowest BCUT2D eigenvalue weighted by molar-refractivity contribution is -0.138. The topological polar surface area (TPSA) is 114 Å². The maximum Gasteiger partial charge on any atom is 0.266 e. The van der Waals surface area contributed by atoms with Gasteiger partial charge in [0.25, 0.3) is 5.91 Å². The number of benzene rings is 2. The first-order valence-corrected chi connectivity index (χ1v) is 12.1. The predicted octanol–water partition coefficient (Wildman–Crippen LogP) is 1.08. The van der Waals surface area contributed by atoms with Crippen molar-refractivity contribution in [2.75, 3.05) is 44.7 Å². The van der Waals surface area contributed by atoms with Crippen molar-refractivity contribution >= 4 is 27.5 Å². The van der Waals surface area contributed by atoms with Crippen LogP contribution in [0.15, 0.2) is 47.4 Å². The Balaban J connectivity index is 1.20. The fourth-order valence-corrected chi connectivity index (χ4v) is 5.46. The van der Waals surface area contributed by atoms with E-state index in [0.717, 1.165) is 0 Å². The zero-order chi connectivity index (χ0) is 23.0. The van der Waals surface area contributed by atoms with Crippen LogP contribution in [0.2, 0.25) is 0 Å². The fourth-order valence-electron chi connectivity index (χ4n) is 4.03. The highest BCUT2D eigenvalue weighted by atomic mass is 32.2. The summed E-state index contributed by atoms with van der Waals surface area (Å²) in [6.07, 6.45) is -1.04. The molecule has 1 saturated heterocycles. The first-order chi connectivity index (χ1) is 15.9. The van der Waals surface area contributed by atoms with E-state index in [0.29, 0.717) is 36.1 Å². The van der Waals surface area contributed by atoms with Crippen molar-refractivity contribution in [1.82, 2.24) is 9.21 Å². The van der Waals surface area contributed by atoms with E-state index < -0.39 is 16.1 Å². The lowest BCUT2D eigenvalue weighted by Crippen LogP contribution is -2.52. The van der Waals surface area contributed by atoms with Gasteiger partial charge in [0.2, 0.25) is 15.9 Å². The van der Waals surface area contributed by atoms with Crippen LogP contribution in [0, 0.1) is 0 Å². The Hall–Kier alpha value is -3.31. The second-order valence-corrected chi connectivity index (χ2v) is 9.82. The summed E-state index contributed by atoms with van der Waals surface area (Å²) >= 11 is 0. The SMILES string of the molecule is O=C1Nc2ccccc2O[C@H]1CC(=O)N1CCN(S(=O)(=O)c2ccc3c(c2)OCCO3)CC1. The number of anilines is 1. The number of nitrogens with zero attached hydrogens (tertiary/aromatic N) is 2. The highest BCUT2D eigenvalue weighted by Gasteiger charge is 2.34. The van der Waals surface area contributed by atoms with Gasteiger partial charge in [-0.3, -0.25) is 9.59 Å². The molecule has 0 saturated carbocycles. The number of carbonyl (C=O) groups excluding carboxylic acids is 2. The molecule has 0 bridgehead atoms. The minimum Gasteiger partial charge on any atom is -0.486 e. The summed E-state index contributed by atoms with van der Waals surface area (Å²) < 4.78 is 44.1. The van der Waals surface area contributed by atoms with E-state index >= 15 is 0 Å². The van der Waals surface area contributed by atoms with E-state index in [4.69, 9.17) is 14.2 Å². The fraction of sp³-hybridized carbons (Fsp3) is 0.364. The molecule has 0 aromatic heterocycles. The zero-order valence-corrected chi connectivity index (χ0v) is 18.5. The summed E-state index contributed by atoms with van der Waals surface area (Å²) in [7, 11) is -3.74. The van der Waals surface area contributed by atoms with Crippen molar-refractivity contribution in [1.29, 1.82) is 0 Å². The second kappa shape index (κ2) is 8.56. The Morgan fingerprint density at radius 3 is 2.48 bits per heavy atom. The van der Waals surface area contributed by atoms with Gasteiger partial charge < -0.3 is 24.4 Å². The Kier molecular flexibility index (Phi) is 5.59. The number of rotatable bonds is 4. The monoisotopic (exact) mass is 473 g/mol. The Labute approximate surface area is 191 Å². The van der Waals surface area contributed by atoms with Crippen molar-refractivity contribution < 1.29 is 32.2 Å². The first-order valence-electron chi connectivity index (χ1n) is 10.7. The summed E-state index contributed by atoms with van der Waals surface area (Å²) in [5, 5.41) is 2.74. The van der Waals surface area contributed by atoms with Crippen LogP contribution in [0.5, 0.6) is 17.2 Å². The largest absolute Gasteiger partial charge is 0.486 e. The molecule has 1 N–H and O–H groups in total. The first kappa shape index (κ1) is 21.5. The lowest BCUT2D eigenvalue weighted by Gasteiger charge is -2.35. The summed E-state index contributed by atoms with van der Waals surface area (Å²) in [4.78, 5) is 26.8. The van der Waals surface area contributed by atoms with Crippen LogP contribution >= 0.6 is 0 Å². The van der Waals surface area contributed by atoms with Crippen molar-refractivity contribution in [2.24, 2.45) is 0 Å². The molecular formula is C22H23N3O7S. The third-order valence-corrected chi connectivity index (χ3v) is 7.70. The van der Waals surface area contributed by atoms with Gasteiger partial charge in [0.15, 0.2) is 17.6 Å². The normalized spacial score (nSPS) is 20.4. The number of ether oxygens (including phenoxy) is 3. The van der Waals surface area contributed by atoms with E-state index in [1.807, 2.05) is 0 Å². The molecule has 3 aliphatic heterocycles. The molecule has 1 atom stereocenters. The van der Waals surface area contributed by atoms with Gasteiger partial charge in [0.05, 0.1) is 17.0 Å². The molecule has 2 aromatic rings. The van der Waals surface area contributed by atoms with Crippen LogP contribution in [-0.2, 0) is 19.6 Å². The summed E-state index contributed by atoms with van der Waals surface area (Å²) in [6, 6.07) is 11.6. The molecule has 1 fully saturated rings. The molecule has 3 aliphatic rings. The van der Waals surface area contributed by atoms with Crippen molar-refractivity contribution in [3.8, 4) is 17.2 Å². The van der Waals surface area contributed by atoms with Gasteiger partial charge in [0.1, 0.15) is 19.0 Å². The third kappa shape index (κ3) is 4.21. The number of nitrogens with one attached hydrogen (secondary N) is 1. The molecule has 0 radical (unpaired) electrons. The Morgan fingerprint density at radius 2 is 1.70 bits per heavy atom. The number of piperazine rings is 1. The van der Waals surface area contributed by atoms with Crippen LogP contribution in [0.3, 0.4) is 0 Å². The van der Waals surface area contributed by atoms with Crippen molar-refractivity contribution in [3.05, 3.63) is 42.5 Å². The Bertz CT molecular complexity index is 1190. The molecule has 0 spiro atoms. The molecule has 0 aliphatic carbocycles. The minimum absolute atomic E-state index is 0.116. The summed E-state index contributed by atoms with van der Waals surface area (Å²) in [5.74, 6) is 0.814. The number of amides is 2. The summed E-state index contributed by atoms with van der Waals surface area (Å²) in [6.45, 7) is 1.56. The number of para-hydroxylation sites is 2. The quantitative estimate of drug-likeness (QED) is 0.707. The van der Waals surface area contributed by atoms with E-state index in [1.165, 1.54) is 16.4 Å². The third-order valence-electron chi connectivity index (χ3n) is 5.81. The average molecular weight is 474 g/mol. The molecule has 11 heteroatoms. The number of hydrogen-bond donors (Lipinski definition) is 1. The smallest absolute Gasteiger partial charge is 0.266 e. The van der Waals surface area contributed by atoms with Gasteiger partial charge in [0, 0.05) is 32.2 Å². The van der Waals surface area contributed by atoms with Crippen LogP contribution in [0.1, 0.15) is 6.42 Å². The van der Waals surface area contributed by atoms with E-state index in [1.54, 1.807) is 35.2 Å². The van der Waals surface area contributed by atoms with Gasteiger partial charge in [-0.25, -0.2) is 8.42 Å². The minimum atomic E-state index is -3.74. The van der Waals surface area contributed by atoms with Gasteiger partial charge >= 0.3 is 0 Å². The molecule has 5 rings (SSSR count). The number of hydrogen-bond acceptors (Lipinski definition) is 7. The van der Waals surface area contributed by atoms with Crippen LogP contribution in [-0.4, -0.2) is 74.9 Å². The van der Waals surface area contributed by atoms with Gasteiger partial charge in [-0.2, -0.15) is 4.31 Å². The number of fused-ring (bicyclic) bond motifs is 2. The Morgan fingerprint density at radius 1 is 0.970 bits per heavy atom. The highest BCUT2D eigenvalue weighted by molar-refractivity contribution is 7.89. The predicted molar refractivity (Wildman–Crippen MR) is 117 cm³/mol. The van der Waals surface area contributed by atoms with E-state index in [2.05, 4.69) is 5.32 Å². The van der Waals surface area contributed by atoms with Gasteiger partial charge in [-0.15, -0.1) is 0 Å². The molecule has 33 heavy (non-hydrogen) atoms. The molecular weight excluding hydrogens is 450 g/mol. The number of sulfonamides is 1. The molecule has 2 amide bonds. The summed E-state index contributed by atoms with van der Waals surface area (Å²) in [5.41, 5.74) is 0.573. The average Bonchev–Trinajstić information content (AvgIpc) is 2.84. The molecule has 2 aromatic carbocycles.